The van der Waals surface area contributed by atoms with Crippen molar-refractivity contribution in [2.24, 2.45) is 0 Å². The Balaban J connectivity index is 2.27. The van der Waals surface area contributed by atoms with Gasteiger partial charge >= 0.3 is 5.97 Å². The highest BCUT2D eigenvalue weighted by Crippen LogP contribution is 2.23. The molecule has 0 aliphatic rings. The van der Waals surface area contributed by atoms with Crippen molar-refractivity contribution in [3.05, 3.63) is 58.4 Å². The van der Waals surface area contributed by atoms with Crippen LogP contribution in [0.3, 0.4) is 0 Å². The van der Waals surface area contributed by atoms with Crippen LogP contribution in [0.1, 0.15) is 12.0 Å². The van der Waals surface area contributed by atoms with Crippen molar-refractivity contribution in [3.8, 4) is 0 Å². The molecule has 2 aromatic carbocycles. The van der Waals surface area contributed by atoms with E-state index >= 15 is 0 Å². The van der Waals surface area contributed by atoms with Crippen molar-refractivity contribution in [1.82, 2.24) is 0 Å². The third-order valence-electron chi connectivity index (χ3n) is 3.35. The first-order valence-electron chi connectivity index (χ1n) is 6.31. The molecule has 0 fully saturated rings. The van der Waals surface area contributed by atoms with Crippen LogP contribution in [0.25, 0.3) is 21.7 Å². The van der Waals surface area contributed by atoms with Gasteiger partial charge in [-0.1, -0.05) is 30.3 Å². The number of carbonyl (C=O) groups is 1. The fraction of sp³-hybridized carbons (Fsp3) is 0.125. The summed E-state index contributed by atoms with van der Waals surface area (Å²) in [5, 5.41) is 11.0. The van der Waals surface area contributed by atoms with Gasteiger partial charge in [-0.2, -0.15) is 0 Å². The van der Waals surface area contributed by atoms with Crippen molar-refractivity contribution in [1.29, 1.82) is 0 Å². The monoisotopic (exact) mass is 268 g/mol. The molecule has 0 spiro atoms. The van der Waals surface area contributed by atoms with Crippen molar-refractivity contribution in [2.75, 3.05) is 0 Å². The molecule has 3 aromatic rings. The smallest absolute Gasteiger partial charge is 0.303 e. The second-order valence-electron chi connectivity index (χ2n) is 4.64. The Morgan fingerprint density at radius 1 is 1.15 bits per heavy atom. The van der Waals surface area contributed by atoms with Gasteiger partial charge in [0.05, 0.1) is 11.6 Å². The molecule has 0 saturated carbocycles. The van der Waals surface area contributed by atoms with Crippen LogP contribution in [-0.2, 0) is 11.2 Å². The number of aryl methyl sites for hydroxylation is 1. The average molecular weight is 268 g/mol. The summed E-state index contributed by atoms with van der Waals surface area (Å²) in [6.45, 7) is 0. The Kier molecular flexibility index (Phi) is 2.99. The van der Waals surface area contributed by atoms with Gasteiger partial charge in [0, 0.05) is 12.0 Å². The van der Waals surface area contributed by atoms with Gasteiger partial charge in [-0.05, 0) is 23.3 Å². The molecule has 0 aliphatic carbocycles. The molecule has 100 valence electrons. The summed E-state index contributed by atoms with van der Waals surface area (Å²) >= 11 is 0. The van der Waals surface area contributed by atoms with Gasteiger partial charge in [-0.3, -0.25) is 9.59 Å². The zero-order valence-electron chi connectivity index (χ0n) is 10.6. The Bertz CT molecular complexity index is 861. The van der Waals surface area contributed by atoms with Crippen molar-refractivity contribution < 1.29 is 14.3 Å². The van der Waals surface area contributed by atoms with Crippen LogP contribution in [0, 0.1) is 0 Å². The quantitative estimate of drug-likeness (QED) is 0.741. The first-order valence-corrected chi connectivity index (χ1v) is 6.31. The molecule has 0 amide bonds. The Labute approximate surface area is 114 Å². The fourth-order valence-electron chi connectivity index (χ4n) is 2.35. The van der Waals surface area contributed by atoms with Gasteiger partial charge < -0.3 is 9.52 Å². The van der Waals surface area contributed by atoms with E-state index in [4.69, 9.17) is 9.52 Å². The highest BCUT2D eigenvalue weighted by atomic mass is 16.4. The standard InChI is InChI=1S/C16H12O4/c17-14(18)8-6-11-9-20-13-7-5-10-3-1-2-4-12(10)15(13)16(11)19/h1-5,7,9H,6,8H2,(H,17,18). The minimum absolute atomic E-state index is 0.0823. The molecule has 0 radical (unpaired) electrons. The summed E-state index contributed by atoms with van der Waals surface area (Å²) in [6, 6.07) is 11.2. The molecule has 1 aromatic heterocycles. The minimum atomic E-state index is -0.928. The summed E-state index contributed by atoms with van der Waals surface area (Å²) in [4.78, 5) is 23.1. The Morgan fingerprint density at radius 2 is 1.95 bits per heavy atom. The van der Waals surface area contributed by atoms with Crippen LogP contribution in [0.2, 0.25) is 0 Å². The lowest BCUT2D eigenvalue weighted by molar-refractivity contribution is -0.136. The molecular formula is C16H12O4. The van der Waals surface area contributed by atoms with E-state index in [1.165, 1.54) is 6.26 Å². The second-order valence-corrected chi connectivity index (χ2v) is 4.64. The Morgan fingerprint density at radius 3 is 2.75 bits per heavy atom. The van der Waals surface area contributed by atoms with Crippen LogP contribution in [0.5, 0.6) is 0 Å². The summed E-state index contributed by atoms with van der Waals surface area (Å²) in [5.74, 6) is -0.928. The van der Waals surface area contributed by atoms with Crippen molar-refractivity contribution >= 4 is 27.7 Å². The molecule has 4 nitrogen and oxygen atoms in total. The topological polar surface area (TPSA) is 67.5 Å². The summed E-state index contributed by atoms with van der Waals surface area (Å²) in [5.41, 5.74) is 0.772. The molecule has 20 heavy (non-hydrogen) atoms. The predicted octanol–water partition coefficient (Wildman–Crippen LogP) is 2.96. The van der Waals surface area contributed by atoms with E-state index in [1.807, 2.05) is 30.3 Å². The highest BCUT2D eigenvalue weighted by molar-refractivity contribution is 6.05. The average Bonchev–Trinajstić information content (AvgIpc) is 2.46. The van der Waals surface area contributed by atoms with Gasteiger partial charge in [0.25, 0.3) is 0 Å². The van der Waals surface area contributed by atoms with E-state index < -0.39 is 5.97 Å². The number of carboxylic acid groups (broad SMARTS) is 1. The van der Waals surface area contributed by atoms with Gasteiger partial charge in [0.1, 0.15) is 5.58 Å². The number of rotatable bonds is 3. The van der Waals surface area contributed by atoms with Crippen LogP contribution in [0.15, 0.2) is 51.9 Å². The number of benzene rings is 2. The molecule has 0 saturated heterocycles. The van der Waals surface area contributed by atoms with E-state index in [0.29, 0.717) is 16.5 Å². The lowest BCUT2D eigenvalue weighted by Gasteiger charge is -2.04. The van der Waals surface area contributed by atoms with Crippen LogP contribution in [0.4, 0.5) is 0 Å². The van der Waals surface area contributed by atoms with E-state index in [-0.39, 0.29) is 18.3 Å². The third-order valence-corrected chi connectivity index (χ3v) is 3.35. The zero-order valence-corrected chi connectivity index (χ0v) is 10.6. The second kappa shape index (κ2) is 4.81. The number of hydrogen-bond acceptors (Lipinski definition) is 3. The first kappa shape index (κ1) is 12.4. The largest absolute Gasteiger partial charge is 0.481 e. The maximum Gasteiger partial charge on any atom is 0.303 e. The molecular weight excluding hydrogens is 256 g/mol. The highest BCUT2D eigenvalue weighted by Gasteiger charge is 2.11. The first-order chi connectivity index (χ1) is 9.66. The molecule has 0 unspecified atom stereocenters. The number of hydrogen-bond donors (Lipinski definition) is 1. The van der Waals surface area contributed by atoms with Crippen molar-refractivity contribution in [3.63, 3.8) is 0 Å². The van der Waals surface area contributed by atoms with Gasteiger partial charge in [0.2, 0.25) is 0 Å². The van der Waals surface area contributed by atoms with Crippen LogP contribution in [-0.4, -0.2) is 11.1 Å². The molecule has 0 aliphatic heterocycles. The molecule has 0 atom stereocenters. The van der Waals surface area contributed by atoms with Crippen LogP contribution >= 0.6 is 0 Å². The maximum atomic E-state index is 12.5. The van der Waals surface area contributed by atoms with E-state index in [9.17, 15) is 9.59 Å². The number of carboxylic acids is 1. The zero-order chi connectivity index (χ0) is 14.1. The summed E-state index contributed by atoms with van der Waals surface area (Å²) < 4.78 is 5.47. The van der Waals surface area contributed by atoms with Gasteiger partial charge in [-0.15, -0.1) is 0 Å². The Hall–Kier alpha value is -2.62. The molecule has 3 rings (SSSR count). The minimum Gasteiger partial charge on any atom is -0.481 e. The fourth-order valence-corrected chi connectivity index (χ4v) is 2.35. The summed E-state index contributed by atoms with van der Waals surface area (Å²) in [6.07, 6.45) is 1.46. The van der Waals surface area contributed by atoms with Crippen LogP contribution < -0.4 is 5.43 Å². The number of aliphatic carboxylic acids is 1. The predicted molar refractivity (Wildman–Crippen MR) is 75.9 cm³/mol. The summed E-state index contributed by atoms with van der Waals surface area (Å²) in [7, 11) is 0. The van der Waals surface area contributed by atoms with E-state index in [2.05, 4.69) is 0 Å². The van der Waals surface area contributed by atoms with Gasteiger partial charge in [-0.25, -0.2) is 0 Å². The molecule has 4 heteroatoms. The SMILES string of the molecule is O=C(O)CCc1coc2ccc3ccccc3c2c1=O. The lowest BCUT2D eigenvalue weighted by atomic mass is 10.0. The maximum absolute atomic E-state index is 12.5. The van der Waals surface area contributed by atoms with Crippen molar-refractivity contribution in [2.45, 2.75) is 12.8 Å². The van der Waals surface area contributed by atoms with E-state index in [1.54, 1.807) is 6.07 Å². The number of fused-ring (bicyclic) bond motifs is 3. The normalized spacial score (nSPS) is 11.0. The molecule has 1 N–H and O–H groups in total. The van der Waals surface area contributed by atoms with Gasteiger partial charge in [0.15, 0.2) is 5.43 Å². The lowest BCUT2D eigenvalue weighted by Crippen LogP contribution is -2.11. The molecule has 1 heterocycles. The van der Waals surface area contributed by atoms with E-state index in [0.717, 1.165) is 10.8 Å². The molecule has 0 bridgehead atoms. The third kappa shape index (κ3) is 2.05.